The summed E-state index contributed by atoms with van der Waals surface area (Å²) < 4.78 is 19.0. The number of hydrogen-bond acceptors (Lipinski definition) is 3. The van der Waals surface area contributed by atoms with Crippen LogP contribution in [-0.4, -0.2) is 44.7 Å². The van der Waals surface area contributed by atoms with Gasteiger partial charge in [-0.2, -0.15) is 0 Å². The molecular formula is C22H30FIN4O. The molecule has 1 saturated heterocycles. The number of ether oxygens (including phenoxy) is 1. The van der Waals surface area contributed by atoms with Gasteiger partial charge < -0.3 is 15.4 Å². The summed E-state index contributed by atoms with van der Waals surface area (Å²) in [6.45, 7) is 3.39. The first-order chi connectivity index (χ1) is 13.7. The van der Waals surface area contributed by atoms with Gasteiger partial charge in [0, 0.05) is 25.7 Å². The van der Waals surface area contributed by atoms with Crippen LogP contribution in [0.15, 0.2) is 53.5 Å². The van der Waals surface area contributed by atoms with E-state index in [9.17, 15) is 4.39 Å². The van der Waals surface area contributed by atoms with E-state index in [4.69, 9.17) is 4.74 Å². The first-order valence-corrected chi connectivity index (χ1v) is 9.77. The predicted molar refractivity (Wildman–Crippen MR) is 127 cm³/mol. The lowest BCUT2D eigenvalue weighted by Crippen LogP contribution is -2.42. The average molecular weight is 512 g/mol. The second kappa shape index (κ2) is 12.0. The van der Waals surface area contributed by atoms with Crippen LogP contribution in [0.5, 0.6) is 5.75 Å². The highest BCUT2D eigenvalue weighted by molar-refractivity contribution is 14.0. The van der Waals surface area contributed by atoms with Gasteiger partial charge in [0.15, 0.2) is 5.96 Å². The third-order valence-electron chi connectivity index (χ3n) is 5.11. The molecule has 0 bridgehead atoms. The standard InChI is InChI=1S/C22H29FN4O.HI/c1-24-22(25-15-17-8-7-9-18(23)14-17)26-16-20(27-12-5-6-13-27)19-10-3-4-11-21(19)28-2;/h3-4,7-11,14,20H,5-6,12-13,15-16H2,1-2H3,(H2,24,25,26);1H. The first kappa shape index (κ1) is 23.4. The number of likely N-dealkylation sites (tertiary alicyclic amines) is 1. The molecule has 1 unspecified atom stereocenters. The number of aliphatic imine (C=N–C) groups is 1. The quantitative estimate of drug-likeness (QED) is 0.335. The maximum Gasteiger partial charge on any atom is 0.191 e. The van der Waals surface area contributed by atoms with Crippen LogP contribution >= 0.6 is 24.0 Å². The summed E-state index contributed by atoms with van der Waals surface area (Å²) >= 11 is 0. The molecule has 1 fully saturated rings. The van der Waals surface area contributed by atoms with Gasteiger partial charge in [0.1, 0.15) is 11.6 Å². The van der Waals surface area contributed by atoms with Gasteiger partial charge in [0.05, 0.1) is 13.2 Å². The van der Waals surface area contributed by atoms with Crippen LogP contribution < -0.4 is 15.4 Å². The number of methoxy groups -OCH3 is 1. The molecule has 2 aromatic carbocycles. The van der Waals surface area contributed by atoms with Crippen LogP contribution in [-0.2, 0) is 6.54 Å². The zero-order chi connectivity index (χ0) is 19.8. The molecule has 5 nitrogen and oxygen atoms in total. The van der Waals surface area contributed by atoms with Crippen LogP contribution in [0.4, 0.5) is 4.39 Å². The molecule has 2 N–H and O–H groups in total. The minimum Gasteiger partial charge on any atom is -0.496 e. The van der Waals surface area contributed by atoms with Gasteiger partial charge in [-0.25, -0.2) is 4.39 Å². The normalized spacial score (nSPS) is 15.5. The van der Waals surface area contributed by atoms with Crippen molar-refractivity contribution >= 4 is 29.9 Å². The van der Waals surface area contributed by atoms with E-state index in [2.05, 4.69) is 32.7 Å². The summed E-state index contributed by atoms with van der Waals surface area (Å²) in [5.74, 6) is 1.37. The molecule has 0 amide bonds. The van der Waals surface area contributed by atoms with E-state index >= 15 is 0 Å². The number of rotatable bonds is 7. The molecule has 29 heavy (non-hydrogen) atoms. The number of nitrogens with one attached hydrogen (secondary N) is 2. The second-order valence-corrected chi connectivity index (χ2v) is 6.94. The Morgan fingerprint density at radius 1 is 1.14 bits per heavy atom. The average Bonchev–Trinajstić information content (AvgIpc) is 3.25. The lowest BCUT2D eigenvalue weighted by Gasteiger charge is -2.30. The smallest absolute Gasteiger partial charge is 0.191 e. The van der Waals surface area contributed by atoms with Crippen LogP contribution in [0.1, 0.15) is 30.0 Å². The third kappa shape index (κ3) is 6.57. The molecule has 1 heterocycles. The molecule has 1 aliphatic heterocycles. The molecule has 1 atom stereocenters. The SMILES string of the molecule is CN=C(NCc1cccc(F)c1)NCC(c1ccccc1OC)N1CCCC1.I. The lowest BCUT2D eigenvalue weighted by atomic mass is 10.0. The van der Waals surface area contributed by atoms with E-state index in [-0.39, 0.29) is 35.8 Å². The molecule has 1 aliphatic rings. The van der Waals surface area contributed by atoms with Gasteiger partial charge in [-0.3, -0.25) is 9.89 Å². The van der Waals surface area contributed by atoms with Gasteiger partial charge in [0.25, 0.3) is 0 Å². The molecule has 2 aromatic rings. The number of benzene rings is 2. The molecule has 0 spiro atoms. The van der Waals surface area contributed by atoms with Gasteiger partial charge in [-0.15, -0.1) is 24.0 Å². The topological polar surface area (TPSA) is 48.9 Å². The Kier molecular flexibility index (Phi) is 9.66. The van der Waals surface area contributed by atoms with E-state index in [0.717, 1.165) is 24.4 Å². The molecule has 7 heteroatoms. The van der Waals surface area contributed by atoms with Gasteiger partial charge in [-0.1, -0.05) is 30.3 Å². The van der Waals surface area contributed by atoms with Gasteiger partial charge >= 0.3 is 0 Å². The molecule has 3 rings (SSSR count). The van der Waals surface area contributed by atoms with Crippen LogP contribution in [0.2, 0.25) is 0 Å². The highest BCUT2D eigenvalue weighted by atomic mass is 127. The van der Waals surface area contributed by atoms with Crippen molar-refractivity contribution in [2.75, 3.05) is 33.8 Å². The Bertz CT molecular complexity index is 796. The zero-order valence-electron chi connectivity index (χ0n) is 17.0. The number of hydrogen-bond donors (Lipinski definition) is 2. The van der Waals surface area contributed by atoms with Crippen molar-refractivity contribution in [2.24, 2.45) is 4.99 Å². The molecule has 0 aromatic heterocycles. The minimum absolute atomic E-state index is 0. The number of guanidine groups is 1. The van der Waals surface area contributed by atoms with Crippen molar-refractivity contribution in [3.8, 4) is 5.75 Å². The summed E-state index contributed by atoms with van der Waals surface area (Å²) in [4.78, 5) is 6.80. The lowest BCUT2D eigenvalue weighted by molar-refractivity contribution is 0.239. The van der Waals surface area contributed by atoms with Crippen LogP contribution in [0.3, 0.4) is 0 Å². The highest BCUT2D eigenvalue weighted by Crippen LogP contribution is 2.31. The number of nitrogens with zero attached hydrogens (tertiary/aromatic N) is 2. The van der Waals surface area contributed by atoms with Crippen molar-refractivity contribution in [1.82, 2.24) is 15.5 Å². The molecular weight excluding hydrogens is 482 g/mol. The van der Waals surface area contributed by atoms with Gasteiger partial charge in [-0.05, 0) is 49.7 Å². The Hall–Kier alpha value is -1.87. The monoisotopic (exact) mass is 512 g/mol. The van der Waals surface area contributed by atoms with E-state index in [1.54, 1.807) is 20.2 Å². The molecule has 0 saturated carbocycles. The summed E-state index contributed by atoms with van der Waals surface area (Å²) in [6.07, 6.45) is 2.44. The van der Waals surface area contributed by atoms with E-state index in [1.165, 1.54) is 30.5 Å². The fourth-order valence-electron chi connectivity index (χ4n) is 3.68. The third-order valence-corrected chi connectivity index (χ3v) is 5.11. The van der Waals surface area contributed by atoms with E-state index in [1.807, 2.05) is 18.2 Å². The minimum atomic E-state index is -0.229. The maximum absolute atomic E-state index is 13.4. The summed E-state index contributed by atoms with van der Waals surface area (Å²) in [5, 5.41) is 6.69. The maximum atomic E-state index is 13.4. The summed E-state index contributed by atoms with van der Waals surface area (Å²) in [6, 6.07) is 15.0. The summed E-state index contributed by atoms with van der Waals surface area (Å²) in [5.41, 5.74) is 2.06. The molecule has 0 radical (unpaired) electrons. The van der Waals surface area contributed by atoms with Gasteiger partial charge in [0.2, 0.25) is 0 Å². The van der Waals surface area contributed by atoms with E-state index in [0.29, 0.717) is 19.0 Å². The van der Waals surface area contributed by atoms with Crippen molar-refractivity contribution in [3.05, 3.63) is 65.5 Å². The van der Waals surface area contributed by atoms with E-state index < -0.39 is 0 Å². The van der Waals surface area contributed by atoms with Crippen molar-refractivity contribution in [1.29, 1.82) is 0 Å². The Labute approximate surface area is 189 Å². The number of halogens is 2. The van der Waals surface area contributed by atoms with Crippen molar-refractivity contribution in [2.45, 2.75) is 25.4 Å². The van der Waals surface area contributed by atoms with Crippen molar-refractivity contribution < 1.29 is 9.13 Å². The largest absolute Gasteiger partial charge is 0.496 e. The Morgan fingerprint density at radius 2 is 1.90 bits per heavy atom. The molecule has 158 valence electrons. The molecule has 0 aliphatic carbocycles. The Balaban J connectivity index is 0.00000300. The predicted octanol–water partition coefficient (Wildman–Crippen LogP) is 3.95. The summed E-state index contributed by atoms with van der Waals surface area (Å²) in [7, 11) is 3.46. The Morgan fingerprint density at radius 3 is 2.59 bits per heavy atom. The van der Waals surface area contributed by atoms with Crippen molar-refractivity contribution in [3.63, 3.8) is 0 Å². The van der Waals surface area contributed by atoms with Crippen LogP contribution in [0.25, 0.3) is 0 Å². The fraction of sp³-hybridized carbons (Fsp3) is 0.409. The first-order valence-electron chi connectivity index (χ1n) is 9.77. The zero-order valence-corrected chi connectivity index (χ0v) is 19.4. The highest BCUT2D eigenvalue weighted by Gasteiger charge is 2.26. The number of para-hydroxylation sites is 1. The van der Waals surface area contributed by atoms with Crippen LogP contribution in [0, 0.1) is 5.82 Å². The second-order valence-electron chi connectivity index (χ2n) is 6.94. The fourth-order valence-corrected chi connectivity index (χ4v) is 3.68.